The highest BCUT2D eigenvalue weighted by atomic mass is 16.5. The number of carbonyl (C=O) groups is 1. The van der Waals surface area contributed by atoms with Crippen molar-refractivity contribution in [3.05, 3.63) is 29.8 Å². The number of likely N-dealkylation sites (N-methyl/N-ethyl adjacent to an activating group) is 1. The Labute approximate surface area is 159 Å². The summed E-state index contributed by atoms with van der Waals surface area (Å²) in [6.45, 7) is 6.81. The maximum Gasteiger partial charge on any atom is 0.303 e. The molecule has 0 aliphatic heterocycles. The van der Waals surface area contributed by atoms with Gasteiger partial charge in [-0.2, -0.15) is 0 Å². The summed E-state index contributed by atoms with van der Waals surface area (Å²) < 4.78 is 5.22. The number of carboxylic acid groups (broad SMARTS) is 1. The average Bonchev–Trinajstić information content (AvgIpc) is 2.63. The molecule has 1 rings (SSSR count). The predicted molar refractivity (Wildman–Crippen MR) is 108 cm³/mol. The molecule has 0 radical (unpaired) electrons. The van der Waals surface area contributed by atoms with Crippen LogP contribution < -0.4 is 4.74 Å². The van der Waals surface area contributed by atoms with E-state index in [0.29, 0.717) is 12.5 Å². The molecule has 0 aromatic heterocycles. The quantitative estimate of drug-likeness (QED) is 0.438. The average molecular weight is 364 g/mol. The monoisotopic (exact) mass is 363 g/mol. The minimum atomic E-state index is -0.673. The normalized spacial score (nSPS) is 12.3. The third-order valence-electron chi connectivity index (χ3n) is 5.06. The maximum absolute atomic E-state index is 10.5. The van der Waals surface area contributed by atoms with Crippen molar-refractivity contribution in [3.63, 3.8) is 0 Å². The second kappa shape index (κ2) is 13.6. The van der Waals surface area contributed by atoms with Gasteiger partial charge in [0.1, 0.15) is 5.75 Å². The Morgan fingerprint density at radius 1 is 1.04 bits per heavy atom. The van der Waals surface area contributed by atoms with Crippen LogP contribution in [0.15, 0.2) is 24.3 Å². The first kappa shape index (κ1) is 22.5. The zero-order chi connectivity index (χ0) is 19.2. The number of rotatable bonds is 15. The van der Waals surface area contributed by atoms with Crippen LogP contribution >= 0.6 is 0 Å². The van der Waals surface area contributed by atoms with Gasteiger partial charge in [-0.1, -0.05) is 51.2 Å². The number of aliphatic carboxylic acids is 1. The zero-order valence-corrected chi connectivity index (χ0v) is 16.9. The fourth-order valence-electron chi connectivity index (χ4n) is 3.40. The molecule has 0 heterocycles. The van der Waals surface area contributed by atoms with E-state index < -0.39 is 5.97 Å². The summed E-state index contributed by atoms with van der Waals surface area (Å²) in [5, 5.41) is 8.61. The van der Waals surface area contributed by atoms with Gasteiger partial charge in [-0.25, -0.2) is 0 Å². The molecule has 0 bridgehead atoms. The zero-order valence-electron chi connectivity index (χ0n) is 16.9. The molecule has 4 heteroatoms. The molecule has 26 heavy (non-hydrogen) atoms. The molecule has 1 atom stereocenters. The smallest absolute Gasteiger partial charge is 0.303 e. The van der Waals surface area contributed by atoms with Gasteiger partial charge in [0.25, 0.3) is 0 Å². The number of hydrogen-bond acceptors (Lipinski definition) is 3. The molecule has 148 valence electrons. The summed E-state index contributed by atoms with van der Waals surface area (Å²) in [4.78, 5) is 13.0. The molecule has 0 spiro atoms. The Kier molecular flexibility index (Phi) is 11.8. The van der Waals surface area contributed by atoms with Crippen LogP contribution in [0.3, 0.4) is 0 Å². The Morgan fingerprint density at radius 2 is 1.62 bits per heavy atom. The first-order chi connectivity index (χ1) is 12.6. The van der Waals surface area contributed by atoms with Crippen molar-refractivity contribution in [1.82, 2.24) is 4.90 Å². The molecule has 1 aromatic rings. The van der Waals surface area contributed by atoms with Crippen molar-refractivity contribution in [2.45, 2.75) is 77.7 Å². The second-order valence-electron chi connectivity index (χ2n) is 7.15. The summed E-state index contributed by atoms with van der Waals surface area (Å²) in [7, 11) is 1.70. The molecule has 1 aromatic carbocycles. The van der Waals surface area contributed by atoms with Crippen molar-refractivity contribution in [3.8, 4) is 5.75 Å². The number of ether oxygens (including phenoxy) is 1. The number of carboxylic acids is 1. The third-order valence-corrected chi connectivity index (χ3v) is 5.06. The van der Waals surface area contributed by atoms with E-state index in [2.05, 4.69) is 30.9 Å². The van der Waals surface area contributed by atoms with Gasteiger partial charge < -0.3 is 14.7 Å². The van der Waals surface area contributed by atoms with Crippen LogP contribution in [0, 0.1) is 0 Å². The van der Waals surface area contributed by atoms with Crippen LogP contribution in [0.2, 0.25) is 0 Å². The summed E-state index contributed by atoms with van der Waals surface area (Å²) in [5.74, 6) is 0.241. The van der Waals surface area contributed by atoms with Crippen molar-refractivity contribution in [2.75, 3.05) is 20.2 Å². The van der Waals surface area contributed by atoms with Crippen LogP contribution in [0.25, 0.3) is 0 Å². The van der Waals surface area contributed by atoms with Gasteiger partial charge in [-0.05, 0) is 57.0 Å². The van der Waals surface area contributed by atoms with Crippen LogP contribution in [0.4, 0.5) is 0 Å². The van der Waals surface area contributed by atoms with E-state index >= 15 is 0 Å². The van der Waals surface area contributed by atoms with E-state index in [1.54, 1.807) is 7.11 Å². The third kappa shape index (κ3) is 9.81. The maximum atomic E-state index is 10.5. The lowest BCUT2D eigenvalue weighted by molar-refractivity contribution is -0.137. The van der Waals surface area contributed by atoms with E-state index in [1.165, 1.54) is 37.7 Å². The van der Waals surface area contributed by atoms with Crippen LogP contribution in [-0.4, -0.2) is 42.2 Å². The lowest BCUT2D eigenvalue weighted by atomic mass is 10.0. The van der Waals surface area contributed by atoms with Crippen molar-refractivity contribution in [1.29, 1.82) is 0 Å². The molecule has 1 N–H and O–H groups in total. The van der Waals surface area contributed by atoms with Crippen molar-refractivity contribution < 1.29 is 14.6 Å². The molecule has 0 amide bonds. The van der Waals surface area contributed by atoms with Gasteiger partial charge in [-0.15, -0.1) is 0 Å². The Morgan fingerprint density at radius 3 is 2.15 bits per heavy atom. The highest BCUT2D eigenvalue weighted by Crippen LogP contribution is 2.15. The van der Waals surface area contributed by atoms with Crippen LogP contribution in [-0.2, 0) is 11.2 Å². The lowest BCUT2D eigenvalue weighted by Crippen LogP contribution is -2.35. The Balaban J connectivity index is 2.15. The molecule has 4 nitrogen and oxygen atoms in total. The SMILES string of the molecule is CCN(CCCCCCCCCC(=O)O)C(C)Cc1ccc(OC)cc1. The predicted octanol–water partition coefficient (Wildman–Crippen LogP) is 5.15. The number of unbranched alkanes of at least 4 members (excludes halogenated alkanes) is 6. The van der Waals surface area contributed by atoms with E-state index in [-0.39, 0.29) is 0 Å². The summed E-state index contributed by atoms with van der Waals surface area (Å²) in [5.41, 5.74) is 1.36. The number of nitrogens with zero attached hydrogens (tertiary/aromatic N) is 1. The van der Waals surface area contributed by atoms with Crippen molar-refractivity contribution in [2.24, 2.45) is 0 Å². The largest absolute Gasteiger partial charge is 0.497 e. The second-order valence-corrected chi connectivity index (χ2v) is 7.15. The van der Waals surface area contributed by atoms with Gasteiger partial charge in [0, 0.05) is 12.5 Å². The number of benzene rings is 1. The first-order valence-electron chi connectivity index (χ1n) is 10.2. The van der Waals surface area contributed by atoms with Gasteiger partial charge in [0.2, 0.25) is 0 Å². The topological polar surface area (TPSA) is 49.8 Å². The summed E-state index contributed by atoms with van der Waals surface area (Å²) in [6, 6.07) is 8.94. The number of methoxy groups -OCH3 is 1. The molecule has 1 unspecified atom stereocenters. The van der Waals surface area contributed by atoms with Crippen LogP contribution in [0.1, 0.15) is 70.8 Å². The molecule has 0 fully saturated rings. The molecule has 0 aliphatic carbocycles. The molecular formula is C22H37NO3. The molecular weight excluding hydrogens is 326 g/mol. The van der Waals surface area contributed by atoms with Gasteiger partial charge in [0.15, 0.2) is 0 Å². The van der Waals surface area contributed by atoms with Gasteiger partial charge >= 0.3 is 5.97 Å². The molecule has 0 saturated heterocycles. The highest BCUT2D eigenvalue weighted by molar-refractivity contribution is 5.66. The highest BCUT2D eigenvalue weighted by Gasteiger charge is 2.12. The minimum absolute atomic E-state index is 0.317. The molecule has 0 saturated carbocycles. The number of hydrogen-bond donors (Lipinski definition) is 1. The fraction of sp³-hybridized carbons (Fsp3) is 0.682. The van der Waals surface area contributed by atoms with Gasteiger partial charge in [-0.3, -0.25) is 4.79 Å². The Hall–Kier alpha value is -1.55. The minimum Gasteiger partial charge on any atom is -0.497 e. The standard InChI is InChI=1S/C22H37NO3/c1-4-23(17-11-9-7-5-6-8-10-12-22(24)25)19(2)18-20-13-15-21(26-3)16-14-20/h13-16,19H,4-12,17-18H2,1-3H3,(H,24,25). The van der Waals surface area contributed by atoms with Crippen molar-refractivity contribution >= 4 is 5.97 Å². The van der Waals surface area contributed by atoms with E-state index in [9.17, 15) is 4.79 Å². The fourth-order valence-corrected chi connectivity index (χ4v) is 3.40. The van der Waals surface area contributed by atoms with Crippen LogP contribution in [0.5, 0.6) is 5.75 Å². The van der Waals surface area contributed by atoms with E-state index in [0.717, 1.165) is 38.1 Å². The Bertz CT molecular complexity index is 487. The summed E-state index contributed by atoms with van der Waals surface area (Å²) >= 11 is 0. The van der Waals surface area contributed by atoms with Gasteiger partial charge in [0.05, 0.1) is 7.11 Å². The lowest BCUT2D eigenvalue weighted by Gasteiger charge is -2.28. The van der Waals surface area contributed by atoms with E-state index in [4.69, 9.17) is 9.84 Å². The molecule has 0 aliphatic rings. The summed E-state index contributed by atoms with van der Waals surface area (Å²) in [6.07, 6.45) is 9.43. The first-order valence-corrected chi connectivity index (χ1v) is 10.2. The van der Waals surface area contributed by atoms with E-state index in [1.807, 2.05) is 12.1 Å².